The molecule has 6 heteroatoms. The second-order valence-corrected chi connectivity index (χ2v) is 4.20. The lowest BCUT2D eigenvalue weighted by Crippen LogP contribution is -2.49. The molecule has 2 rings (SSSR count). The third kappa shape index (κ3) is 3.28. The third-order valence-electron chi connectivity index (χ3n) is 3.04. The number of aliphatic hydroxyl groups is 1. The van der Waals surface area contributed by atoms with Gasteiger partial charge in [-0.2, -0.15) is 5.10 Å². The van der Waals surface area contributed by atoms with Gasteiger partial charge in [0.05, 0.1) is 13.0 Å². The molecule has 1 saturated heterocycles. The van der Waals surface area contributed by atoms with E-state index in [0.717, 1.165) is 31.9 Å². The molecule has 0 spiro atoms. The maximum absolute atomic E-state index is 11.9. The Kier molecular flexibility index (Phi) is 4.11. The van der Waals surface area contributed by atoms with Gasteiger partial charge in [0.25, 0.3) is 0 Å². The van der Waals surface area contributed by atoms with Crippen LogP contribution >= 0.6 is 0 Å². The SMILES string of the molecule is O=C(Cc1ccn[nH]1)N1CCN(CCO)CC1. The summed E-state index contributed by atoms with van der Waals surface area (Å²) in [5.41, 5.74) is 0.854. The summed E-state index contributed by atoms with van der Waals surface area (Å²) < 4.78 is 0. The van der Waals surface area contributed by atoms with Gasteiger partial charge in [0.2, 0.25) is 5.91 Å². The van der Waals surface area contributed by atoms with Crippen LogP contribution in [-0.2, 0) is 11.2 Å². The highest BCUT2D eigenvalue weighted by atomic mass is 16.3. The Balaban J connectivity index is 1.78. The van der Waals surface area contributed by atoms with Crippen LogP contribution in [0.4, 0.5) is 0 Å². The molecular weight excluding hydrogens is 220 g/mol. The van der Waals surface area contributed by atoms with E-state index in [0.29, 0.717) is 13.0 Å². The van der Waals surface area contributed by atoms with Crippen LogP contribution in [0, 0.1) is 0 Å². The number of carbonyl (C=O) groups is 1. The lowest BCUT2D eigenvalue weighted by Gasteiger charge is -2.34. The van der Waals surface area contributed by atoms with Crippen molar-refractivity contribution in [2.45, 2.75) is 6.42 Å². The maximum Gasteiger partial charge on any atom is 0.228 e. The Labute approximate surface area is 100 Å². The normalized spacial score (nSPS) is 17.4. The summed E-state index contributed by atoms with van der Waals surface area (Å²) in [7, 11) is 0. The predicted molar refractivity (Wildman–Crippen MR) is 62.4 cm³/mol. The Bertz CT molecular complexity index is 344. The van der Waals surface area contributed by atoms with E-state index in [1.54, 1.807) is 6.20 Å². The van der Waals surface area contributed by atoms with Gasteiger partial charge < -0.3 is 10.0 Å². The topological polar surface area (TPSA) is 72.5 Å². The van der Waals surface area contributed by atoms with Gasteiger partial charge in [-0.1, -0.05) is 0 Å². The first-order chi connectivity index (χ1) is 8.29. The molecular formula is C11H18N4O2. The van der Waals surface area contributed by atoms with E-state index in [1.165, 1.54) is 0 Å². The molecule has 0 saturated carbocycles. The number of hydrogen-bond acceptors (Lipinski definition) is 4. The fourth-order valence-electron chi connectivity index (χ4n) is 2.02. The van der Waals surface area contributed by atoms with Crippen molar-refractivity contribution in [3.63, 3.8) is 0 Å². The summed E-state index contributed by atoms with van der Waals surface area (Å²) in [6.07, 6.45) is 2.04. The molecule has 1 aromatic rings. The Morgan fingerprint density at radius 2 is 2.18 bits per heavy atom. The molecule has 0 aromatic carbocycles. The molecule has 0 bridgehead atoms. The molecule has 2 N–H and O–H groups in total. The number of hydrogen-bond donors (Lipinski definition) is 2. The standard InChI is InChI=1S/C11H18N4O2/c16-8-7-14-3-5-15(6-4-14)11(17)9-10-1-2-12-13-10/h1-2,16H,3-9H2,(H,12,13). The minimum Gasteiger partial charge on any atom is -0.395 e. The van der Waals surface area contributed by atoms with Gasteiger partial charge in [-0.15, -0.1) is 0 Å². The van der Waals surface area contributed by atoms with E-state index < -0.39 is 0 Å². The number of aliphatic hydroxyl groups excluding tert-OH is 1. The zero-order valence-corrected chi connectivity index (χ0v) is 9.80. The lowest BCUT2D eigenvalue weighted by atomic mass is 10.2. The Hall–Kier alpha value is -1.40. The second-order valence-electron chi connectivity index (χ2n) is 4.20. The monoisotopic (exact) mass is 238 g/mol. The number of H-pyrrole nitrogens is 1. The minimum atomic E-state index is 0.137. The second kappa shape index (κ2) is 5.79. The summed E-state index contributed by atoms with van der Waals surface area (Å²) in [5, 5.41) is 15.5. The van der Waals surface area contributed by atoms with Gasteiger partial charge in [0, 0.05) is 44.6 Å². The van der Waals surface area contributed by atoms with Crippen molar-refractivity contribution in [3.05, 3.63) is 18.0 Å². The fraction of sp³-hybridized carbons (Fsp3) is 0.636. The largest absolute Gasteiger partial charge is 0.395 e. The van der Waals surface area contributed by atoms with Gasteiger partial charge >= 0.3 is 0 Å². The number of nitrogens with one attached hydrogen (secondary N) is 1. The first kappa shape index (κ1) is 12.1. The van der Waals surface area contributed by atoms with Crippen LogP contribution in [0.5, 0.6) is 0 Å². The van der Waals surface area contributed by atoms with E-state index in [4.69, 9.17) is 5.11 Å². The Morgan fingerprint density at radius 1 is 1.41 bits per heavy atom. The minimum absolute atomic E-state index is 0.137. The molecule has 0 atom stereocenters. The molecule has 0 aliphatic carbocycles. The van der Waals surface area contributed by atoms with Crippen molar-refractivity contribution < 1.29 is 9.90 Å². The Morgan fingerprint density at radius 3 is 2.76 bits per heavy atom. The van der Waals surface area contributed by atoms with Crippen LogP contribution in [0.1, 0.15) is 5.69 Å². The quantitative estimate of drug-likeness (QED) is 0.712. The highest BCUT2D eigenvalue weighted by Crippen LogP contribution is 2.04. The van der Waals surface area contributed by atoms with Gasteiger partial charge in [-0.3, -0.25) is 14.8 Å². The molecule has 1 aliphatic heterocycles. The molecule has 1 fully saturated rings. The molecule has 0 radical (unpaired) electrons. The van der Waals surface area contributed by atoms with E-state index >= 15 is 0 Å². The van der Waals surface area contributed by atoms with Crippen molar-refractivity contribution in [3.8, 4) is 0 Å². The van der Waals surface area contributed by atoms with Crippen molar-refractivity contribution in [1.82, 2.24) is 20.0 Å². The van der Waals surface area contributed by atoms with E-state index in [9.17, 15) is 4.79 Å². The molecule has 2 heterocycles. The van der Waals surface area contributed by atoms with Crippen LogP contribution in [-0.4, -0.2) is 70.3 Å². The van der Waals surface area contributed by atoms with E-state index in [1.807, 2.05) is 11.0 Å². The number of carbonyl (C=O) groups excluding carboxylic acids is 1. The number of aromatic amines is 1. The van der Waals surface area contributed by atoms with Crippen molar-refractivity contribution in [1.29, 1.82) is 0 Å². The van der Waals surface area contributed by atoms with Gasteiger partial charge in [0.1, 0.15) is 0 Å². The highest BCUT2D eigenvalue weighted by molar-refractivity contribution is 5.78. The number of nitrogens with zero attached hydrogens (tertiary/aromatic N) is 3. The van der Waals surface area contributed by atoms with Crippen molar-refractivity contribution in [2.24, 2.45) is 0 Å². The predicted octanol–water partition coefficient (Wildman–Crippen LogP) is -0.911. The lowest BCUT2D eigenvalue weighted by molar-refractivity contribution is -0.132. The molecule has 94 valence electrons. The summed E-state index contributed by atoms with van der Waals surface area (Å²) in [6, 6.07) is 1.82. The van der Waals surface area contributed by atoms with Crippen LogP contribution in [0.25, 0.3) is 0 Å². The van der Waals surface area contributed by atoms with E-state index in [2.05, 4.69) is 15.1 Å². The van der Waals surface area contributed by atoms with Crippen molar-refractivity contribution >= 4 is 5.91 Å². The van der Waals surface area contributed by atoms with E-state index in [-0.39, 0.29) is 12.5 Å². The summed E-state index contributed by atoms with van der Waals surface area (Å²) >= 11 is 0. The fourth-order valence-corrected chi connectivity index (χ4v) is 2.02. The molecule has 6 nitrogen and oxygen atoms in total. The summed E-state index contributed by atoms with van der Waals surface area (Å²) in [5.74, 6) is 0.137. The molecule has 1 aromatic heterocycles. The number of rotatable bonds is 4. The molecule has 1 amide bonds. The van der Waals surface area contributed by atoms with Crippen LogP contribution < -0.4 is 0 Å². The summed E-state index contributed by atoms with van der Waals surface area (Å²) in [4.78, 5) is 16.0. The van der Waals surface area contributed by atoms with Crippen LogP contribution in [0.2, 0.25) is 0 Å². The average Bonchev–Trinajstić information content (AvgIpc) is 2.83. The highest BCUT2D eigenvalue weighted by Gasteiger charge is 2.20. The zero-order chi connectivity index (χ0) is 12.1. The van der Waals surface area contributed by atoms with Gasteiger partial charge in [-0.05, 0) is 6.07 Å². The third-order valence-corrected chi connectivity index (χ3v) is 3.04. The maximum atomic E-state index is 11.9. The number of aromatic nitrogens is 2. The number of amides is 1. The first-order valence-corrected chi connectivity index (χ1v) is 5.89. The van der Waals surface area contributed by atoms with Crippen LogP contribution in [0.3, 0.4) is 0 Å². The van der Waals surface area contributed by atoms with Gasteiger partial charge in [-0.25, -0.2) is 0 Å². The van der Waals surface area contributed by atoms with Crippen molar-refractivity contribution in [2.75, 3.05) is 39.3 Å². The molecule has 17 heavy (non-hydrogen) atoms. The van der Waals surface area contributed by atoms with Gasteiger partial charge in [0.15, 0.2) is 0 Å². The zero-order valence-electron chi connectivity index (χ0n) is 9.80. The molecule has 1 aliphatic rings. The summed E-state index contributed by atoms with van der Waals surface area (Å²) in [6.45, 7) is 4.05. The molecule has 0 unspecified atom stereocenters. The number of piperazine rings is 1. The average molecular weight is 238 g/mol. The smallest absolute Gasteiger partial charge is 0.228 e. The number of β-amino-alcohol motifs (C(OH)–C–C–N with tert-alkyl or cyclic N) is 1. The first-order valence-electron chi connectivity index (χ1n) is 5.89. The van der Waals surface area contributed by atoms with Crippen LogP contribution in [0.15, 0.2) is 12.3 Å².